The number of anilines is 1. The average Bonchev–Trinajstić information content (AvgIpc) is 2.97. The van der Waals surface area contributed by atoms with E-state index in [0.29, 0.717) is 12.5 Å². The van der Waals surface area contributed by atoms with Crippen molar-refractivity contribution >= 4 is 11.6 Å². The zero-order valence-electron chi connectivity index (χ0n) is 13.0. The molecule has 2 aromatic heterocycles. The van der Waals surface area contributed by atoms with E-state index in [2.05, 4.69) is 27.3 Å². The van der Waals surface area contributed by atoms with Crippen LogP contribution in [0.2, 0.25) is 0 Å². The number of hydrogen-bond donors (Lipinski definition) is 1. The summed E-state index contributed by atoms with van der Waals surface area (Å²) in [5.74, 6) is 1.55. The van der Waals surface area contributed by atoms with Crippen molar-refractivity contribution in [2.75, 3.05) is 19.2 Å². The molecule has 6 heteroatoms. The molecule has 0 aliphatic heterocycles. The molecule has 21 heavy (non-hydrogen) atoms. The lowest BCUT2D eigenvalue weighted by Crippen LogP contribution is -2.11. The Kier molecular flexibility index (Phi) is 6.40. The highest BCUT2D eigenvalue weighted by molar-refractivity contribution is 5.49. The van der Waals surface area contributed by atoms with Gasteiger partial charge in [-0.05, 0) is 12.8 Å². The number of ether oxygens (including phenoxy) is 1. The average molecular weight is 291 g/mol. The first-order valence-corrected chi connectivity index (χ1v) is 7.77. The van der Waals surface area contributed by atoms with E-state index in [-0.39, 0.29) is 0 Å². The minimum absolute atomic E-state index is 0.447. The fraction of sp³-hybridized carbons (Fsp3) is 0.667. The molecule has 0 aromatic carbocycles. The van der Waals surface area contributed by atoms with Crippen LogP contribution in [0.3, 0.4) is 0 Å². The van der Waals surface area contributed by atoms with Crippen molar-refractivity contribution in [1.29, 1.82) is 0 Å². The summed E-state index contributed by atoms with van der Waals surface area (Å²) in [6.45, 7) is 2.69. The molecule has 0 spiro atoms. The van der Waals surface area contributed by atoms with Crippen LogP contribution in [0.15, 0.2) is 12.5 Å². The Morgan fingerprint density at radius 2 is 1.95 bits per heavy atom. The zero-order valence-corrected chi connectivity index (χ0v) is 13.0. The van der Waals surface area contributed by atoms with Crippen molar-refractivity contribution < 1.29 is 4.74 Å². The molecule has 0 saturated heterocycles. The highest BCUT2D eigenvalue weighted by Gasteiger charge is 2.09. The predicted octanol–water partition coefficient (Wildman–Crippen LogP) is 3.04. The van der Waals surface area contributed by atoms with Crippen LogP contribution in [0.1, 0.15) is 51.0 Å². The molecule has 0 atom stereocenters. The second kappa shape index (κ2) is 8.56. The van der Waals surface area contributed by atoms with E-state index in [1.807, 2.05) is 6.20 Å². The molecule has 2 aromatic rings. The Balaban J connectivity index is 1.97. The van der Waals surface area contributed by atoms with Gasteiger partial charge in [0.1, 0.15) is 18.9 Å². The third-order valence-electron chi connectivity index (χ3n) is 3.57. The topological polar surface area (TPSA) is 64.3 Å². The molecule has 0 radical (unpaired) electrons. The van der Waals surface area contributed by atoms with Gasteiger partial charge in [-0.2, -0.15) is 14.6 Å². The monoisotopic (exact) mass is 291 g/mol. The first kappa shape index (κ1) is 15.7. The van der Waals surface area contributed by atoms with Gasteiger partial charge in [-0.1, -0.05) is 39.0 Å². The van der Waals surface area contributed by atoms with Crippen molar-refractivity contribution in [2.45, 2.75) is 51.9 Å². The van der Waals surface area contributed by atoms with Gasteiger partial charge in [-0.3, -0.25) is 0 Å². The van der Waals surface area contributed by atoms with Crippen LogP contribution >= 0.6 is 0 Å². The summed E-state index contributed by atoms with van der Waals surface area (Å²) in [6.07, 6.45) is 12.1. The third-order valence-corrected chi connectivity index (χ3v) is 3.57. The molecule has 1 N–H and O–H groups in total. The lowest BCUT2D eigenvalue weighted by atomic mass is 10.1. The molecule has 116 valence electrons. The summed E-state index contributed by atoms with van der Waals surface area (Å²) >= 11 is 0. The fourth-order valence-electron chi connectivity index (χ4n) is 2.42. The third kappa shape index (κ3) is 4.39. The lowest BCUT2D eigenvalue weighted by Gasteiger charge is -2.12. The Labute approximate surface area is 125 Å². The van der Waals surface area contributed by atoms with Crippen molar-refractivity contribution in [3.05, 3.63) is 18.1 Å². The molecule has 0 bridgehead atoms. The maximum atomic E-state index is 5.10. The van der Waals surface area contributed by atoms with Gasteiger partial charge in [-0.15, -0.1) is 0 Å². The second-order valence-corrected chi connectivity index (χ2v) is 5.23. The Bertz CT molecular complexity index is 540. The normalized spacial score (nSPS) is 11.1. The summed E-state index contributed by atoms with van der Waals surface area (Å²) < 4.78 is 6.84. The first-order chi connectivity index (χ1) is 10.4. The largest absolute Gasteiger partial charge is 0.365 e. The van der Waals surface area contributed by atoms with Crippen LogP contribution in [0.5, 0.6) is 0 Å². The Hall–Kier alpha value is -1.69. The van der Waals surface area contributed by atoms with E-state index < -0.39 is 0 Å². The van der Waals surface area contributed by atoms with E-state index in [9.17, 15) is 0 Å². The van der Waals surface area contributed by atoms with Crippen LogP contribution in [0, 0.1) is 0 Å². The lowest BCUT2D eigenvalue weighted by molar-refractivity contribution is 0.220. The van der Waals surface area contributed by atoms with Crippen molar-refractivity contribution in [2.24, 2.45) is 0 Å². The van der Waals surface area contributed by atoms with Crippen LogP contribution < -0.4 is 5.32 Å². The molecule has 0 saturated carbocycles. The van der Waals surface area contributed by atoms with Crippen molar-refractivity contribution in [3.63, 3.8) is 0 Å². The van der Waals surface area contributed by atoms with Crippen LogP contribution in [0.4, 0.5) is 5.82 Å². The van der Waals surface area contributed by atoms with Gasteiger partial charge in [0.2, 0.25) is 0 Å². The maximum Gasteiger partial charge on any atom is 0.254 e. The molecule has 0 fully saturated rings. The van der Waals surface area contributed by atoms with Gasteiger partial charge in [0.05, 0.1) is 0 Å². The Morgan fingerprint density at radius 1 is 1.14 bits per heavy atom. The summed E-state index contributed by atoms with van der Waals surface area (Å²) in [4.78, 5) is 8.47. The van der Waals surface area contributed by atoms with E-state index in [4.69, 9.17) is 4.74 Å². The quantitative estimate of drug-likeness (QED) is 0.538. The minimum Gasteiger partial charge on any atom is -0.365 e. The predicted molar refractivity (Wildman–Crippen MR) is 83.4 cm³/mol. The molecule has 2 heterocycles. The van der Waals surface area contributed by atoms with Gasteiger partial charge in [-0.25, -0.2) is 4.98 Å². The van der Waals surface area contributed by atoms with Crippen molar-refractivity contribution in [3.8, 4) is 0 Å². The summed E-state index contributed by atoms with van der Waals surface area (Å²) in [6, 6.07) is 0. The SMILES string of the molecule is CCCCCCCCc1cnc2ncnn2c1NCOC. The summed E-state index contributed by atoms with van der Waals surface area (Å²) in [5, 5.41) is 7.48. The standard InChI is InChI=1S/C15H25N5O/c1-3-4-5-6-7-8-9-13-10-16-15-17-11-19-20(15)14(13)18-12-21-2/h10-11,18H,3-9,12H2,1-2H3. The number of rotatable bonds is 10. The van der Waals surface area contributed by atoms with E-state index in [0.717, 1.165) is 12.2 Å². The second-order valence-electron chi connectivity index (χ2n) is 5.23. The van der Waals surface area contributed by atoms with Gasteiger partial charge >= 0.3 is 0 Å². The van der Waals surface area contributed by atoms with Crippen LogP contribution in [-0.4, -0.2) is 33.4 Å². The zero-order chi connectivity index (χ0) is 14.9. The molecule has 0 unspecified atom stereocenters. The molecular weight excluding hydrogens is 266 g/mol. The Morgan fingerprint density at radius 3 is 2.76 bits per heavy atom. The van der Waals surface area contributed by atoms with E-state index >= 15 is 0 Å². The number of methoxy groups -OCH3 is 1. The highest BCUT2D eigenvalue weighted by Crippen LogP contribution is 2.18. The maximum absolute atomic E-state index is 5.10. The van der Waals surface area contributed by atoms with Crippen LogP contribution in [0.25, 0.3) is 5.78 Å². The van der Waals surface area contributed by atoms with E-state index in [1.54, 1.807) is 11.6 Å². The number of hydrogen-bond acceptors (Lipinski definition) is 5. The highest BCUT2D eigenvalue weighted by atomic mass is 16.5. The molecule has 0 amide bonds. The summed E-state index contributed by atoms with van der Waals surface area (Å²) in [7, 11) is 1.67. The minimum atomic E-state index is 0.447. The molecule has 2 rings (SSSR count). The number of nitrogens with zero attached hydrogens (tertiary/aromatic N) is 4. The summed E-state index contributed by atoms with van der Waals surface area (Å²) in [5.41, 5.74) is 1.17. The van der Waals surface area contributed by atoms with Crippen molar-refractivity contribution in [1.82, 2.24) is 19.6 Å². The number of aromatic nitrogens is 4. The van der Waals surface area contributed by atoms with Crippen LogP contribution in [-0.2, 0) is 11.2 Å². The van der Waals surface area contributed by atoms with Gasteiger partial charge in [0, 0.05) is 18.9 Å². The molecule has 0 aliphatic carbocycles. The molecule has 0 aliphatic rings. The smallest absolute Gasteiger partial charge is 0.254 e. The number of aryl methyl sites for hydroxylation is 1. The molecular formula is C15H25N5O. The first-order valence-electron chi connectivity index (χ1n) is 7.77. The van der Waals surface area contributed by atoms with Gasteiger partial charge in [0.15, 0.2) is 0 Å². The van der Waals surface area contributed by atoms with Gasteiger partial charge in [0.25, 0.3) is 5.78 Å². The fourth-order valence-corrected chi connectivity index (χ4v) is 2.42. The van der Waals surface area contributed by atoms with Gasteiger partial charge < -0.3 is 10.1 Å². The number of unbranched alkanes of at least 4 members (excludes halogenated alkanes) is 5. The molecule has 6 nitrogen and oxygen atoms in total. The number of nitrogens with one attached hydrogen (secondary N) is 1. The van der Waals surface area contributed by atoms with E-state index in [1.165, 1.54) is 50.4 Å². The number of fused-ring (bicyclic) bond motifs is 1.